The highest BCUT2D eigenvalue weighted by atomic mass is 17.2. The van der Waals surface area contributed by atoms with Crippen LogP contribution in [0.15, 0.2) is 12.2 Å². The molecule has 0 heterocycles. The number of aliphatic carboxylic acids is 1. The number of rotatable bonds is 4. The van der Waals surface area contributed by atoms with Crippen molar-refractivity contribution in [2.75, 3.05) is 6.61 Å². The fraction of sp³-hybridized carbons (Fsp3) is 0.333. The molecule has 1 N–H and O–H groups in total. The third kappa shape index (κ3) is 6.53. The van der Waals surface area contributed by atoms with Crippen LogP contribution >= 0.6 is 0 Å². The minimum atomic E-state index is -1.21. The molecule has 11 heavy (non-hydrogen) atoms. The minimum absolute atomic E-state index is 0.229. The number of hydrogen-bond acceptors (Lipinski definition) is 4. The molecule has 0 spiro atoms. The van der Waals surface area contributed by atoms with Crippen LogP contribution in [0, 0.1) is 0 Å². The molecule has 0 bridgehead atoms. The van der Waals surface area contributed by atoms with Crippen molar-refractivity contribution < 1.29 is 24.5 Å². The van der Waals surface area contributed by atoms with E-state index in [4.69, 9.17) is 5.11 Å². The van der Waals surface area contributed by atoms with Crippen molar-refractivity contribution in [2.24, 2.45) is 0 Å². The molecule has 0 atom stereocenters. The summed E-state index contributed by atoms with van der Waals surface area (Å²) in [6, 6.07) is 0. The van der Waals surface area contributed by atoms with Gasteiger partial charge in [0.15, 0.2) is 0 Å². The molecule has 62 valence electrons. The first-order valence-electron chi connectivity index (χ1n) is 2.91. The summed E-state index contributed by atoms with van der Waals surface area (Å²) in [5.74, 6) is -2.05. The Balaban J connectivity index is 3.60. The lowest BCUT2D eigenvalue weighted by Gasteiger charge is -1.94. The SMILES string of the molecule is CCOOC(=O)/C=C\C(=O)O. The Morgan fingerprint density at radius 2 is 2.09 bits per heavy atom. The third-order valence-corrected chi connectivity index (χ3v) is 0.621. The lowest BCUT2D eigenvalue weighted by Crippen LogP contribution is -2.02. The summed E-state index contributed by atoms with van der Waals surface area (Å²) in [7, 11) is 0. The van der Waals surface area contributed by atoms with Crippen molar-refractivity contribution >= 4 is 11.9 Å². The maximum atomic E-state index is 10.4. The van der Waals surface area contributed by atoms with Gasteiger partial charge in [0.25, 0.3) is 0 Å². The van der Waals surface area contributed by atoms with E-state index < -0.39 is 11.9 Å². The first-order chi connectivity index (χ1) is 5.16. The summed E-state index contributed by atoms with van der Waals surface area (Å²) in [4.78, 5) is 28.5. The minimum Gasteiger partial charge on any atom is -0.478 e. The Bertz CT molecular complexity index is 172. The highest BCUT2D eigenvalue weighted by Crippen LogP contribution is 1.83. The second-order valence-electron chi connectivity index (χ2n) is 1.48. The van der Waals surface area contributed by atoms with Gasteiger partial charge < -0.3 is 5.11 Å². The molecule has 0 aromatic rings. The van der Waals surface area contributed by atoms with E-state index in [9.17, 15) is 9.59 Å². The van der Waals surface area contributed by atoms with Crippen molar-refractivity contribution in [3.8, 4) is 0 Å². The van der Waals surface area contributed by atoms with E-state index in [0.717, 1.165) is 6.08 Å². The van der Waals surface area contributed by atoms with Crippen molar-refractivity contribution in [2.45, 2.75) is 6.92 Å². The first-order valence-corrected chi connectivity index (χ1v) is 2.91. The maximum Gasteiger partial charge on any atom is 0.366 e. The Labute approximate surface area is 63.1 Å². The fourth-order valence-electron chi connectivity index (χ4n) is 0.284. The summed E-state index contributed by atoms with van der Waals surface area (Å²) in [5, 5.41) is 8.05. The molecule has 0 unspecified atom stereocenters. The van der Waals surface area contributed by atoms with E-state index in [2.05, 4.69) is 9.78 Å². The molecule has 0 fully saturated rings. The van der Waals surface area contributed by atoms with Crippen LogP contribution in [0.5, 0.6) is 0 Å². The second kappa shape index (κ2) is 5.43. The molecule has 5 heteroatoms. The Morgan fingerprint density at radius 1 is 1.45 bits per heavy atom. The van der Waals surface area contributed by atoms with Gasteiger partial charge >= 0.3 is 11.9 Å². The predicted octanol–water partition coefficient (Wildman–Crippen LogP) is 0.122. The standard InChI is InChI=1S/C6H8O5/c1-2-10-11-6(9)4-3-5(7)8/h3-4H,2H2,1H3,(H,7,8)/b4-3-. The first kappa shape index (κ1) is 9.64. The van der Waals surface area contributed by atoms with Gasteiger partial charge in [-0.05, 0) is 6.92 Å². The molecule has 0 saturated carbocycles. The summed E-state index contributed by atoms with van der Waals surface area (Å²) in [6.45, 7) is 1.86. The van der Waals surface area contributed by atoms with Gasteiger partial charge in [0.2, 0.25) is 0 Å². The fourth-order valence-corrected chi connectivity index (χ4v) is 0.284. The second-order valence-corrected chi connectivity index (χ2v) is 1.48. The molecule has 0 saturated heterocycles. The molecule has 0 aliphatic carbocycles. The van der Waals surface area contributed by atoms with E-state index in [1.54, 1.807) is 6.92 Å². The number of hydrogen-bond donors (Lipinski definition) is 1. The van der Waals surface area contributed by atoms with Gasteiger partial charge in [-0.2, -0.15) is 4.89 Å². The average molecular weight is 160 g/mol. The smallest absolute Gasteiger partial charge is 0.366 e. The van der Waals surface area contributed by atoms with Crippen LogP contribution in [0.1, 0.15) is 6.92 Å². The molecule has 0 amide bonds. The van der Waals surface area contributed by atoms with Crippen LogP contribution in [0.3, 0.4) is 0 Å². The molecule has 0 aromatic heterocycles. The van der Waals surface area contributed by atoms with Crippen LogP contribution in [-0.4, -0.2) is 23.7 Å². The quantitative estimate of drug-likeness (QED) is 0.359. The van der Waals surface area contributed by atoms with Crippen molar-refractivity contribution in [3.63, 3.8) is 0 Å². The highest BCUT2D eigenvalue weighted by Gasteiger charge is 1.97. The topological polar surface area (TPSA) is 72.8 Å². The van der Waals surface area contributed by atoms with Crippen LogP contribution in [-0.2, 0) is 19.4 Å². The number of carboxylic acids is 1. The maximum absolute atomic E-state index is 10.4. The summed E-state index contributed by atoms with van der Waals surface area (Å²) >= 11 is 0. The summed E-state index contributed by atoms with van der Waals surface area (Å²) in [6.07, 6.45) is 1.43. The molecule has 0 rings (SSSR count). The number of carboxylic acid groups (broad SMARTS) is 1. The molecule has 0 radical (unpaired) electrons. The van der Waals surface area contributed by atoms with Gasteiger partial charge in [-0.3, -0.25) is 4.89 Å². The van der Waals surface area contributed by atoms with Crippen molar-refractivity contribution in [3.05, 3.63) is 12.2 Å². The van der Waals surface area contributed by atoms with E-state index in [1.807, 2.05) is 0 Å². The molecular weight excluding hydrogens is 152 g/mol. The van der Waals surface area contributed by atoms with Crippen LogP contribution < -0.4 is 0 Å². The van der Waals surface area contributed by atoms with Crippen LogP contribution in [0.2, 0.25) is 0 Å². The van der Waals surface area contributed by atoms with Gasteiger partial charge in [0, 0.05) is 12.2 Å². The zero-order valence-corrected chi connectivity index (χ0v) is 5.94. The Kier molecular flexibility index (Phi) is 4.76. The van der Waals surface area contributed by atoms with E-state index in [-0.39, 0.29) is 6.61 Å². The van der Waals surface area contributed by atoms with Gasteiger partial charge in [0.05, 0.1) is 6.61 Å². The van der Waals surface area contributed by atoms with E-state index in [0.29, 0.717) is 6.08 Å². The van der Waals surface area contributed by atoms with E-state index >= 15 is 0 Å². The average Bonchev–Trinajstić information content (AvgIpc) is 1.97. The number of carbonyl (C=O) groups excluding carboxylic acids is 1. The van der Waals surface area contributed by atoms with Crippen LogP contribution in [0.25, 0.3) is 0 Å². The lowest BCUT2D eigenvalue weighted by molar-refractivity contribution is -0.264. The summed E-state index contributed by atoms with van der Waals surface area (Å²) in [5.41, 5.74) is 0. The summed E-state index contributed by atoms with van der Waals surface area (Å²) < 4.78 is 0. The molecule has 5 nitrogen and oxygen atoms in total. The molecule has 0 aromatic carbocycles. The van der Waals surface area contributed by atoms with Gasteiger partial charge in [-0.25, -0.2) is 9.59 Å². The number of carbonyl (C=O) groups is 2. The van der Waals surface area contributed by atoms with Crippen molar-refractivity contribution in [1.82, 2.24) is 0 Å². The van der Waals surface area contributed by atoms with Gasteiger partial charge in [0.1, 0.15) is 0 Å². The predicted molar refractivity (Wildman–Crippen MR) is 34.5 cm³/mol. The lowest BCUT2D eigenvalue weighted by atomic mass is 10.5. The molecule has 0 aliphatic rings. The molecular formula is C6H8O5. The van der Waals surface area contributed by atoms with E-state index in [1.165, 1.54) is 0 Å². The third-order valence-electron chi connectivity index (χ3n) is 0.621. The Hall–Kier alpha value is -1.36. The largest absolute Gasteiger partial charge is 0.478 e. The monoisotopic (exact) mass is 160 g/mol. The highest BCUT2D eigenvalue weighted by molar-refractivity contribution is 5.90. The van der Waals surface area contributed by atoms with Crippen LogP contribution in [0.4, 0.5) is 0 Å². The Morgan fingerprint density at radius 3 is 2.55 bits per heavy atom. The van der Waals surface area contributed by atoms with Crippen molar-refractivity contribution in [1.29, 1.82) is 0 Å². The zero-order valence-electron chi connectivity index (χ0n) is 5.94. The van der Waals surface area contributed by atoms with Gasteiger partial charge in [-0.1, -0.05) is 0 Å². The zero-order chi connectivity index (χ0) is 8.69. The normalized spacial score (nSPS) is 9.91. The van der Waals surface area contributed by atoms with Gasteiger partial charge in [-0.15, -0.1) is 0 Å². The molecule has 0 aliphatic heterocycles.